The molecule has 0 bridgehead atoms. The summed E-state index contributed by atoms with van der Waals surface area (Å²) >= 11 is 0. The fourth-order valence-corrected chi connectivity index (χ4v) is 2.32. The third-order valence-electron chi connectivity index (χ3n) is 3.38. The van der Waals surface area contributed by atoms with E-state index >= 15 is 0 Å². The predicted octanol–water partition coefficient (Wildman–Crippen LogP) is 3.59. The predicted molar refractivity (Wildman–Crippen MR) is 56.8 cm³/mol. The number of hydrogen-bond donors (Lipinski definition) is 0. The fraction of sp³-hybridized carbons (Fsp3) is 0.538. The Morgan fingerprint density at radius 1 is 1.29 bits per heavy atom. The maximum Gasteiger partial charge on any atom is 0.123 e. The summed E-state index contributed by atoms with van der Waals surface area (Å²) in [7, 11) is 0. The fourth-order valence-electron chi connectivity index (χ4n) is 2.32. The molecule has 1 aliphatic carbocycles. The summed E-state index contributed by atoms with van der Waals surface area (Å²) in [6, 6.07) is 5.24. The Morgan fingerprint density at radius 2 is 2.07 bits per heavy atom. The van der Waals surface area contributed by atoms with Crippen molar-refractivity contribution in [2.45, 2.75) is 33.1 Å². The smallest absolute Gasteiger partial charge is 0.123 e. The number of benzene rings is 1. The Labute approximate surface area is 85.1 Å². The summed E-state index contributed by atoms with van der Waals surface area (Å²) < 4.78 is 13.0. The minimum absolute atomic E-state index is 0.0910. The molecule has 0 aromatic heterocycles. The zero-order valence-corrected chi connectivity index (χ0v) is 8.89. The van der Waals surface area contributed by atoms with Crippen LogP contribution in [0.1, 0.15) is 31.4 Å². The highest BCUT2D eigenvalue weighted by molar-refractivity contribution is 5.30. The van der Waals surface area contributed by atoms with Gasteiger partial charge in [-0.05, 0) is 54.4 Å². The number of fused-ring (bicyclic) bond motifs is 1. The normalized spacial score (nSPS) is 21.0. The molecule has 1 aromatic carbocycles. The lowest BCUT2D eigenvalue weighted by molar-refractivity contribution is 0.342. The van der Waals surface area contributed by atoms with E-state index in [0.29, 0.717) is 0 Å². The van der Waals surface area contributed by atoms with Gasteiger partial charge in [0, 0.05) is 0 Å². The van der Waals surface area contributed by atoms with Crippen molar-refractivity contribution in [3.8, 4) is 0 Å². The van der Waals surface area contributed by atoms with Crippen LogP contribution >= 0.6 is 0 Å². The molecule has 0 saturated carbocycles. The molecule has 0 saturated heterocycles. The molecule has 0 fully saturated rings. The molecule has 14 heavy (non-hydrogen) atoms. The quantitative estimate of drug-likeness (QED) is 0.638. The van der Waals surface area contributed by atoms with Crippen molar-refractivity contribution >= 4 is 0 Å². The van der Waals surface area contributed by atoms with Crippen molar-refractivity contribution < 1.29 is 4.39 Å². The van der Waals surface area contributed by atoms with E-state index < -0.39 is 0 Å². The maximum absolute atomic E-state index is 13.0. The lowest BCUT2D eigenvalue weighted by Gasteiger charge is -2.27. The van der Waals surface area contributed by atoms with Crippen LogP contribution in [0.25, 0.3) is 0 Å². The molecule has 0 N–H and O–H groups in total. The van der Waals surface area contributed by atoms with Gasteiger partial charge < -0.3 is 0 Å². The highest BCUT2D eigenvalue weighted by Gasteiger charge is 2.21. The molecular formula is C13H17F. The molecule has 0 radical (unpaired) electrons. The highest BCUT2D eigenvalue weighted by atomic mass is 19.1. The number of aryl methyl sites for hydroxylation is 1. The van der Waals surface area contributed by atoms with Gasteiger partial charge >= 0.3 is 0 Å². The standard InChI is InChI=1S/C13H17F/c1-9(2)10-3-4-12-8-13(14)6-5-11(12)7-10/h5-6,8-10H,3-4,7H2,1-2H3. The molecule has 0 aliphatic heterocycles. The van der Waals surface area contributed by atoms with Gasteiger partial charge in [0.1, 0.15) is 5.82 Å². The van der Waals surface area contributed by atoms with Crippen LogP contribution in [0.4, 0.5) is 4.39 Å². The molecule has 1 heteroatoms. The Balaban J connectivity index is 2.23. The Hall–Kier alpha value is -0.850. The van der Waals surface area contributed by atoms with Crippen molar-refractivity contribution in [3.63, 3.8) is 0 Å². The zero-order valence-electron chi connectivity index (χ0n) is 8.89. The third kappa shape index (κ3) is 1.82. The molecule has 1 atom stereocenters. The first-order chi connectivity index (χ1) is 6.66. The average Bonchev–Trinajstić information content (AvgIpc) is 2.16. The van der Waals surface area contributed by atoms with Crippen molar-refractivity contribution in [1.29, 1.82) is 0 Å². The van der Waals surface area contributed by atoms with Crippen LogP contribution in [-0.4, -0.2) is 0 Å². The number of rotatable bonds is 1. The minimum atomic E-state index is -0.0910. The van der Waals surface area contributed by atoms with Gasteiger partial charge in [0.2, 0.25) is 0 Å². The molecule has 2 rings (SSSR count). The minimum Gasteiger partial charge on any atom is -0.207 e. The Morgan fingerprint density at radius 3 is 2.79 bits per heavy atom. The summed E-state index contributed by atoms with van der Waals surface area (Å²) in [5.41, 5.74) is 2.58. The molecule has 76 valence electrons. The van der Waals surface area contributed by atoms with Crippen LogP contribution in [-0.2, 0) is 12.8 Å². The first-order valence-electron chi connectivity index (χ1n) is 5.44. The van der Waals surface area contributed by atoms with E-state index in [1.165, 1.54) is 17.5 Å². The van der Waals surface area contributed by atoms with Crippen LogP contribution in [0, 0.1) is 17.7 Å². The largest absolute Gasteiger partial charge is 0.207 e. The van der Waals surface area contributed by atoms with Gasteiger partial charge in [-0.2, -0.15) is 0 Å². The van der Waals surface area contributed by atoms with Gasteiger partial charge in [-0.3, -0.25) is 0 Å². The van der Waals surface area contributed by atoms with E-state index in [-0.39, 0.29) is 5.82 Å². The van der Waals surface area contributed by atoms with Crippen LogP contribution in [0.15, 0.2) is 18.2 Å². The number of hydrogen-bond acceptors (Lipinski definition) is 0. The second kappa shape index (κ2) is 3.72. The summed E-state index contributed by atoms with van der Waals surface area (Å²) in [6.07, 6.45) is 3.40. The van der Waals surface area contributed by atoms with E-state index in [1.54, 1.807) is 12.1 Å². The summed E-state index contributed by atoms with van der Waals surface area (Å²) in [6.45, 7) is 4.55. The van der Waals surface area contributed by atoms with E-state index in [2.05, 4.69) is 13.8 Å². The average molecular weight is 192 g/mol. The molecule has 0 spiro atoms. The first kappa shape index (κ1) is 9.70. The van der Waals surface area contributed by atoms with Crippen molar-refractivity contribution in [2.24, 2.45) is 11.8 Å². The van der Waals surface area contributed by atoms with E-state index in [9.17, 15) is 4.39 Å². The third-order valence-corrected chi connectivity index (χ3v) is 3.38. The zero-order chi connectivity index (χ0) is 10.1. The van der Waals surface area contributed by atoms with Crippen LogP contribution in [0.5, 0.6) is 0 Å². The van der Waals surface area contributed by atoms with Crippen molar-refractivity contribution in [1.82, 2.24) is 0 Å². The van der Waals surface area contributed by atoms with Gasteiger partial charge in [-0.1, -0.05) is 19.9 Å². The highest BCUT2D eigenvalue weighted by Crippen LogP contribution is 2.30. The van der Waals surface area contributed by atoms with Gasteiger partial charge in [0.05, 0.1) is 0 Å². The van der Waals surface area contributed by atoms with Crippen molar-refractivity contribution in [2.75, 3.05) is 0 Å². The Bertz CT molecular complexity index is 328. The van der Waals surface area contributed by atoms with Crippen LogP contribution in [0.2, 0.25) is 0 Å². The van der Waals surface area contributed by atoms with E-state index in [4.69, 9.17) is 0 Å². The van der Waals surface area contributed by atoms with Gasteiger partial charge in [-0.25, -0.2) is 4.39 Å². The topological polar surface area (TPSA) is 0 Å². The summed E-state index contributed by atoms with van der Waals surface area (Å²) in [5, 5.41) is 0. The molecular weight excluding hydrogens is 175 g/mol. The second-order valence-electron chi connectivity index (χ2n) is 4.66. The number of halogens is 1. The SMILES string of the molecule is CC(C)C1CCc2cc(F)ccc2C1. The van der Waals surface area contributed by atoms with Gasteiger partial charge in [0.15, 0.2) is 0 Å². The summed E-state index contributed by atoms with van der Waals surface area (Å²) in [4.78, 5) is 0. The molecule has 1 unspecified atom stereocenters. The maximum atomic E-state index is 13.0. The second-order valence-corrected chi connectivity index (χ2v) is 4.66. The van der Waals surface area contributed by atoms with Crippen LogP contribution < -0.4 is 0 Å². The summed E-state index contributed by atoms with van der Waals surface area (Å²) in [5.74, 6) is 1.44. The van der Waals surface area contributed by atoms with Gasteiger partial charge in [-0.15, -0.1) is 0 Å². The molecule has 1 aromatic rings. The van der Waals surface area contributed by atoms with E-state index in [0.717, 1.165) is 24.7 Å². The molecule has 0 nitrogen and oxygen atoms in total. The van der Waals surface area contributed by atoms with Crippen LogP contribution in [0.3, 0.4) is 0 Å². The van der Waals surface area contributed by atoms with E-state index in [1.807, 2.05) is 6.07 Å². The Kier molecular flexibility index (Phi) is 2.58. The molecule has 0 amide bonds. The lowest BCUT2D eigenvalue weighted by Crippen LogP contribution is -2.19. The van der Waals surface area contributed by atoms with Gasteiger partial charge in [0.25, 0.3) is 0 Å². The monoisotopic (exact) mass is 192 g/mol. The first-order valence-corrected chi connectivity index (χ1v) is 5.44. The molecule has 0 heterocycles. The van der Waals surface area contributed by atoms with Crippen molar-refractivity contribution in [3.05, 3.63) is 35.1 Å². The molecule has 1 aliphatic rings. The lowest BCUT2D eigenvalue weighted by atomic mass is 9.78.